The maximum atomic E-state index is 12.9. The molecule has 4 heterocycles. The van der Waals surface area contributed by atoms with Crippen LogP contribution in [0.4, 0.5) is 11.4 Å². The van der Waals surface area contributed by atoms with Gasteiger partial charge in [0.05, 0.1) is 30.7 Å². The van der Waals surface area contributed by atoms with Gasteiger partial charge in [0, 0.05) is 63.6 Å². The Labute approximate surface area is 214 Å². The number of hydrogen-bond acceptors (Lipinski definition) is 7. The van der Waals surface area contributed by atoms with Crippen molar-refractivity contribution >= 4 is 39.8 Å². The van der Waals surface area contributed by atoms with Crippen molar-refractivity contribution in [3.8, 4) is 11.5 Å². The van der Waals surface area contributed by atoms with E-state index in [0.29, 0.717) is 29.9 Å². The fraction of sp³-hybridized carbons (Fsp3) is 0.538. The molecule has 188 valence electrons. The fourth-order valence-electron chi connectivity index (χ4n) is 4.95. The number of likely N-dealkylation sites (tertiary alicyclic amines) is 1. The van der Waals surface area contributed by atoms with Crippen LogP contribution < -0.4 is 14.4 Å². The summed E-state index contributed by atoms with van der Waals surface area (Å²) >= 11 is 1.80. The molecule has 2 fully saturated rings. The summed E-state index contributed by atoms with van der Waals surface area (Å²) in [6, 6.07) is 8.14. The minimum absolute atomic E-state index is 0.0131. The number of ether oxygens (including phenoxy) is 2. The first-order chi connectivity index (χ1) is 17.0. The van der Waals surface area contributed by atoms with Crippen molar-refractivity contribution in [1.82, 2.24) is 9.88 Å². The number of benzene rings is 1. The van der Waals surface area contributed by atoms with Crippen LogP contribution in [-0.2, 0) is 15.6 Å². The van der Waals surface area contributed by atoms with Crippen molar-refractivity contribution < 1.29 is 18.5 Å². The number of fused-ring (bicyclic) bond motifs is 1. The van der Waals surface area contributed by atoms with Gasteiger partial charge >= 0.3 is 0 Å². The van der Waals surface area contributed by atoms with E-state index in [1.165, 1.54) is 0 Å². The molecular weight excluding hydrogens is 482 g/mol. The first-order valence-corrected chi connectivity index (χ1v) is 14.8. The molecule has 0 radical (unpaired) electrons. The molecular formula is C26H33N3O4S2. The first kappa shape index (κ1) is 24.4. The Morgan fingerprint density at radius 2 is 2.00 bits per heavy atom. The third-order valence-electron chi connectivity index (χ3n) is 6.67. The summed E-state index contributed by atoms with van der Waals surface area (Å²) in [6.07, 6.45) is 6.07. The van der Waals surface area contributed by atoms with Crippen LogP contribution in [0, 0.1) is 5.92 Å². The number of thioether (sulfide) groups is 1. The lowest BCUT2D eigenvalue weighted by Crippen LogP contribution is -2.38. The highest BCUT2D eigenvalue weighted by Crippen LogP contribution is 2.40. The Morgan fingerprint density at radius 1 is 1.17 bits per heavy atom. The minimum atomic E-state index is -0.750. The molecule has 2 aromatic rings. The first-order valence-electron chi connectivity index (χ1n) is 12.4. The van der Waals surface area contributed by atoms with Gasteiger partial charge in [-0.05, 0) is 31.0 Å². The van der Waals surface area contributed by atoms with E-state index in [-0.39, 0.29) is 17.9 Å². The summed E-state index contributed by atoms with van der Waals surface area (Å²) < 4.78 is 23.9. The Morgan fingerprint density at radius 3 is 2.80 bits per heavy atom. The Balaban J connectivity index is 1.26. The van der Waals surface area contributed by atoms with Gasteiger partial charge in [-0.3, -0.25) is 14.0 Å². The maximum absolute atomic E-state index is 12.9. The molecule has 1 aromatic carbocycles. The topological polar surface area (TPSA) is 72.0 Å². The Kier molecular flexibility index (Phi) is 7.53. The van der Waals surface area contributed by atoms with Gasteiger partial charge in [0.2, 0.25) is 5.91 Å². The Bertz CT molecular complexity index is 1090. The van der Waals surface area contributed by atoms with E-state index in [0.717, 1.165) is 60.1 Å². The molecule has 1 unspecified atom stereocenters. The minimum Gasteiger partial charge on any atom is -0.490 e. The average Bonchev–Trinajstić information content (AvgIpc) is 3.32. The van der Waals surface area contributed by atoms with Gasteiger partial charge in [0.25, 0.3) is 0 Å². The van der Waals surface area contributed by atoms with Gasteiger partial charge in [-0.15, -0.1) is 11.8 Å². The zero-order valence-electron chi connectivity index (χ0n) is 20.4. The molecule has 0 saturated carbocycles. The fourth-order valence-corrected chi connectivity index (χ4v) is 7.10. The number of aromatic nitrogens is 1. The quantitative estimate of drug-likeness (QED) is 0.533. The normalized spacial score (nSPS) is 24.3. The summed E-state index contributed by atoms with van der Waals surface area (Å²) in [5.74, 6) is 3.12. The van der Waals surface area contributed by atoms with E-state index in [9.17, 15) is 9.00 Å². The van der Waals surface area contributed by atoms with Gasteiger partial charge in [-0.1, -0.05) is 13.8 Å². The van der Waals surface area contributed by atoms with Crippen molar-refractivity contribution in [3.63, 3.8) is 0 Å². The molecule has 0 bridgehead atoms. The van der Waals surface area contributed by atoms with Crippen molar-refractivity contribution in [2.24, 2.45) is 5.92 Å². The summed E-state index contributed by atoms with van der Waals surface area (Å²) in [5, 5.41) is 0.490. The highest BCUT2D eigenvalue weighted by molar-refractivity contribution is 7.99. The molecule has 9 heteroatoms. The zero-order chi connectivity index (χ0) is 24.4. The van der Waals surface area contributed by atoms with Crippen LogP contribution >= 0.6 is 11.8 Å². The molecule has 3 aliphatic rings. The van der Waals surface area contributed by atoms with Crippen LogP contribution in [0.2, 0.25) is 0 Å². The molecule has 35 heavy (non-hydrogen) atoms. The van der Waals surface area contributed by atoms with Gasteiger partial charge in [-0.25, -0.2) is 0 Å². The number of nitrogens with zero attached hydrogens (tertiary/aromatic N) is 3. The van der Waals surface area contributed by atoms with Crippen molar-refractivity contribution in [2.45, 2.75) is 49.4 Å². The lowest BCUT2D eigenvalue weighted by molar-refractivity contribution is -0.135. The number of amides is 1. The third kappa shape index (κ3) is 5.77. The lowest BCUT2D eigenvalue weighted by Gasteiger charge is -2.32. The highest BCUT2D eigenvalue weighted by atomic mass is 32.2. The Hall–Kier alpha value is -2.26. The number of rotatable bonds is 6. The highest BCUT2D eigenvalue weighted by Gasteiger charge is 2.33. The van der Waals surface area contributed by atoms with Gasteiger partial charge in [0.1, 0.15) is 24.2 Å². The molecule has 1 atom stereocenters. The second-order valence-electron chi connectivity index (χ2n) is 9.61. The van der Waals surface area contributed by atoms with Crippen LogP contribution in [-0.4, -0.2) is 69.1 Å². The van der Waals surface area contributed by atoms with Gasteiger partial charge in [-0.2, -0.15) is 0 Å². The smallest absolute Gasteiger partial charge is 0.225 e. The maximum Gasteiger partial charge on any atom is 0.225 e. The predicted molar refractivity (Wildman–Crippen MR) is 140 cm³/mol. The standard InChI is InChI=1S/C26H33N3O4S2/c1-18(2)34-23-13-20(15-27-16-23)29-9-10-32-25-4-3-21(14-24(25)29)33-22-5-8-28(17-22)26(30)19-6-11-35(31)12-7-19/h3-4,13-16,18-19,22H,5-12,17H2,1-2H3. The van der Waals surface area contributed by atoms with E-state index in [1.807, 2.05) is 35.5 Å². The number of carbonyl (C=O) groups excluding carboxylic acids is 1. The summed E-state index contributed by atoms with van der Waals surface area (Å²) in [6.45, 7) is 7.04. The summed E-state index contributed by atoms with van der Waals surface area (Å²) in [7, 11) is -0.750. The zero-order valence-corrected chi connectivity index (χ0v) is 22.0. The average molecular weight is 516 g/mol. The summed E-state index contributed by atoms with van der Waals surface area (Å²) in [5.41, 5.74) is 2.02. The molecule has 2 saturated heterocycles. The largest absolute Gasteiger partial charge is 0.490 e. The number of hydrogen-bond donors (Lipinski definition) is 0. The van der Waals surface area contributed by atoms with Crippen LogP contribution in [0.5, 0.6) is 11.5 Å². The molecule has 0 aliphatic carbocycles. The molecule has 0 spiro atoms. The van der Waals surface area contributed by atoms with E-state index < -0.39 is 10.8 Å². The van der Waals surface area contributed by atoms with E-state index in [2.05, 4.69) is 29.8 Å². The second kappa shape index (κ2) is 10.8. The molecule has 0 N–H and O–H groups in total. The van der Waals surface area contributed by atoms with E-state index in [4.69, 9.17) is 9.47 Å². The van der Waals surface area contributed by atoms with Crippen molar-refractivity contribution in [3.05, 3.63) is 36.7 Å². The number of carbonyl (C=O) groups is 1. The van der Waals surface area contributed by atoms with E-state index in [1.54, 1.807) is 11.8 Å². The van der Waals surface area contributed by atoms with Crippen LogP contribution in [0.15, 0.2) is 41.6 Å². The van der Waals surface area contributed by atoms with Crippen LogP contribution in [0.3, 0.4) is 0 Å². The number of pyridine rings is 1. The van der Waals surface area contributed by atoms with Crippen molar-refractivity contribution in [1.29, 1.82) is 0 Å². The third-order valence-corrected chi connectivity index (χ3v) is 9.02. The number of anilines is 2. The molecule has 7 nitrogen and oxygen atoms in total. The lowest BCUT2D eigenvalue weighted by atomic mass is 10.0. The van der Waals surface area contributed by atoms with Gasteiger partial charge < -0.3 is 19.3 Å². The van der Waals surface area contributed by atoms with Crippen molar-refractivity contribution in [2.75, 3.05) is 42.6 Å². The van der Waals surface area contributed by atoms with E-state index >= 15 is 0 Å². The molecule has 1 amide bonds. The molecule has 1 aromatic heterocycles. The second-order valence-corrected chi connectivity index (χ2v) is 13.0. The SMILES string of the molecule is CC(C)Sc1cncc(N2CCOc3ccc(OC4CCN(C(=O)C5CCS(=O)CC5)C4)cc32)c1. The van der Waals surface area contributed by atoms with Crippen LogP contribution in [0.25, 0.3) is 0 Å². The van der Waals surface area contributed by atoms with Gasteiger partial charge in [0.15, 0.2) is 0 Å². The molecule has 3 aliphatic heterocycles. The summed E-state index contributed by atoms with van der Waals surface area (Å²) in [4.78, 5) is 22.7. The predicted octanol–water partition coefficient (Wildman–Crippen LogP) is 4.25. The monoisotopic (exact) mass is 515 g/mol. The van der Waals surface area contributed by atoms with Crippen LogP contribution in [0.1, 0.15) is 33.1 Å². The molecule has 5 rings (SSSR count).